The van der Waals surface area contributed by atoms with Gasteiger partial charge in [-0.15, -0.1) is 0 Å². The van der Waals surface area contributed by atoms with E-state index in [9.17, 15) is 14.7 Å². The van der Waals surface area contributed by atoms with Crippen LogP contribution < -0.4 is 5.32 Å². The molecule has 0 aromatic heterocycles. The predicted molar refractivity (Wildman–Crippen MR) is 129 cm³/mol. The van der Waals surface area contributed by atoms with Crippen LogP contribution >= 0.6 is 0 Å². The van der Waals surface area contributed by atoms with Crippen LogP contribution in [0.15, 0.2) is 60.7 Å². The number of benzene rings is 2. The molecule has 1 unspecified atom stereocenters. The van der Waals surface area contributed by atoms with Crippen molar-refractivity contribution in [1.82, 2.24) is 10.2 Å². The molecule has 0 saturated carbocycles. The van der Waals surface area contributed by atoms with Crippen molar-refractivity contribution in [2.75, 3.05) is 6.61 Å². The standard InChI is InChI=1S/C27H38N2O3/c1-4-5-6-7-14-19-24(31)29(20-22-15-10-8-11-16-22)25(23-17-12-9-13-18-23)26(32)28-27(2,3)21-30/h8-13,15-18,25,30H,4-7,14,19-21H2,1-3H3,(H,28,32). The second-order valence-corrected chi connectivity index (χ2v) is 9.02. The molecule has 0 aliphatic rings. The molecule has 32 heavy (non-hydrogen) atoms. The monoisotopic (exact) mass is 438 g/mol. The first kappa shape index (κ1) is 25.6. The van der Waals surface area contributed by atoms with Gasteiger partial charge in [0.2, 0.25) is 11.8 Å². The first-order valence-corrected chi connectivity index (χ1v) is 11.7. The number of amides is 2. The average molecular weight is 439 g/mol. The van der Waals surface area contributed by atoms with Gasteiger partial charge in [0.1, 0.15) is 6.04 Å². The minimum absolute atomic E-state index is 0.0313. The Kier molecular flexibility index (Phi) is 10.4. The fourth-order valence-corrected chi connectivity index (χ4v) is 3.68. The van der Waals surface area contributed by atoms with E-state index in [1.54, 1.807) is 18.7 Å². The smallest absolute Gasteiger partial charge is 0.247 e. The Morgan fingerprint density at radius 2 is 1.53 bits per heavy atom. The number of rotatable bonds is 13. The molecule has 5 heteroatoms. The third-order valence-electron chi connectivity index (χ3n) is 5.54. The third kappa shape index (κ3) is 8.12. The lowest BCUT2D eigenvalue weighted by Gasteiger charge is -2.34. The van der Waals surface area contributed by atoms with Crippen LogP contribution in [0.1, 0.15) is 76.5 Å². The lowest BCUT2D eigenvalue weighted by molar-refractivity contribution is -0.142. The molecule has 0 bridgehead atoms. The Bertz CT molecular complexity index is 821. The summed E-state index contributed by atoms with van der Waals surface area (Å²) >= 11 is 0. The zero-order chi connectivity index (χ0) is 23.4. The Labute approximate surface area is 192 Å². The molecule has 1 atom stereocenters. The summed E-state index contributed by atoms with van der Waals surface area (Å²) in [5.41, 5.74) is 0.946. The summed E-state index contributed by atoms with van der Waals surface area (Å²) in [6.07, 6.45) is 5.69. The van der Waals surface area contributed by atoms with Gasteiger partial charge in [-0.2, -0.15) is 0 Å². The van der Waals surface area contributed by atoms with Crippen molar-refractivity contribution < 1.29 is 14.7 Å². The molecule has 0 radical (unpaired) electrons. The highest BCUT2D eigenvalue weighted by molar-refractivity contribution is 5.89. The normalized spacial score (nSPS) is 12.2. The Hall–Kier alpha value is -2.66. The lowest BCUT2D eigenvalue weighted by Crippen LogP contribution is -2.52. The van der Waals surface area contributed by atoms with E-state index < -0.39 is 11.6 Å². The fourth-order valence-electron chi connectivity index (χ4n) is 3.68. The number of nitrogens with zero attached hydrogens (tertiary/aromatic N) is 1. The summed E-state index contributed by atoms with van der Waals surface area (Å²) in [6, 6.07) is 18.4. The van der Waals surface area contributed by atoms with Crippen LogP contribution in [0.25, 0.3) is 0 Å². The topological polar surface area (TPSA) is 69.6 Å². The maximum atomic E-state index is 13.5. The van der Waals surface area contributed by atoms with Crippen LogP contribution in [-0.2, 0) is 16.1 Å². The highest BCUT2D eigenvalue weighted by Crippen LogP contribution is 2.26. The van der Waals surface area contributed by atoms with E-state index in [1.807, 2.05) is 60.7 Å². The van der Waals surface area contributed by atoms with Crippen molar-refractivity contribution in [3.05, 3.63) is 71.8 Å². The molecule has 0 saturated heterocycles. The summed E-state index contributed by atoms with van der Waals surface area (Å²) in [6.45, 7) is 5.86. The van der Waals surface area contributed by atoms with E-state index in [4.69, 9.17) is 0 Å². The van der Waals surface area contributed by atoms with E-state index in [0.717, 1.165) is 36.8 Å². The van der Waals surface area contributed by atoms with Crippen LogP contribution in [0, 0.1) is 0 Å². The van der Waals surface area contributed by atoms with Crippen molar-refractivity contribution >= 4 is 11.8 Å². The Balaban J connectivity index is 2.34. The van der Waals surface area contributed by atoms with Crippen molar-refractivity contribution in [3.63, 3.8) is 0 Å². The fraction of sp³-hybridized carbons (Fsp3) is 0.481. The molecule has 0 aliphatic heterocycles. The van der Waals surface area contributed by atoms with Gasteiger partial charge >= 0.3 is 0 Å². The van der Waals surface area contributed by atoms with Crippen molar-refractivity contribution in [3.8, 4) is 0 Å². The van der Waals surface area contributed by atoms with Crippen LogP contribution in [0.5, 0.6) is 0 Å². The second kappa shape index (κ2) is 13.0. The summed E-state index contributed by atoms with van der Waals surface area (Å²) < 4.78 is 0. The summed E-state index contributed by atoms with van der Waals surface area (Å²) in [5, 5.41) is 12.6. The Morgan fingerprint density at radius 3 is 2.12 bits per heavy atom. The maximum Gasteiger partial charge on any atom is 0.247 e. The van der Waals surface area contributed by atoms with Gasteiger partial charge in [0.15, 0.2) is 0 Å². The zero-order valence-corrected chi connectivity index (χ0v) is 19.7. The molecule has 0 aliphatic carbocycles. The molecule has 0 spiro atoms. The van der Waals surface area contributed by atoms with Gasteiger partial charge < -0.3 is 15.3 Å². The molecule has 0 heterocycles. The van der Waals surface area contributed by atoms with E-state index in [1.165, 1.54) is 6.42 Å². The van der Waals surface area contributed by atoms with Gasteiger partial charge in [0.05, 0.1) is 12.1 Å². The van der Waals surface area contributed by atoms with Gasteiger partial charge in [0.25, 0.3) is 0 Å². The van der Waals surface area contributed by atoms with Gasteiger partial charge in [-0.3, -0.25) is 9.59 Å². The van der Waals surface area contributed by atoms with Crippen LogP contribution in [0.3, 0.4) is 0 Å². The average Bonchev–Trinajstić information content (AvgIpc) is 2.79. The molecule has 2 aromatic rings. The number of hydrogen-bond donors (Lipinski definition) is 2. The lowest BCUT2D eigenvalue weighted by atomic mass is 9.99. The van der Waals surface area contributed by atoms with Crippen LogP contribution in [-0.4, -0.2) is 34.0 Å². The van der Waals surface area contributed by atoms with E-state index in [-0.39, 0.29) is 18.4 Å². The molecule has 5 nitrogen and oxygen atoms in total. The minimum atomic E-state index is -0.786. The predicted octanol–water partition coefficient (Wildman–Crippen LogP) is 5.00. The number of aliphatic hydroxyl groups excluding tert-OH is 1. The molecule has 174 valence electrons. The highest BCUT2D eigenvalue weighted by atomic mass is 16.3. The first-order valence-electron chi connectivity index (χ1n) is 11.7. The van der Waals surface area contributed by atoms with Crippen molar-refractivity contribution in [2.45, 2.75) is 77.4 Å². The quantitative estimate of drug-likeness (QED) is 0.432. The molecular formula is C27H38N2O3. The SMILES string of the molecule is CCCCCCCC(=O)N(Cc1ccccc1)C(C(=O)NC(C)(C)CO)c1ccccc1. The van der Waals surface area contributed by atoms with Gasteiger partial charge in [-0.05, 0) is 31.4 Å². The third-order valence-corrected chi connectivity index (χ3v) is 5.54. The Morgan fingerprint density at radius 1 is 0.938 bits per heavy atom. The molecule has 0 fully saturated rings. The number of carbonyl (C=O) groups excluding carboxylic acids is 2. The minimum Gasteiger partial charge on any atom is -0.394 e. The van der Waals surface area contributed by atoms with Crippen LogP contribution in [0.4, 0.5) is 0 Å². The summed E-state index contributed by atoms with van der Waals surface area (Å²) in [5.74, 6) is -0.318. The number of aliphatic hydroxyl groups is 1. The second-order valence-electron chi connectivity index (χ2n) is 9.02. The molecule has 2 amide bonds. The molecule has 2 aromatic carbocycles. The van der Waals surface area contributed by atoms with Gasteiger partial charge in [-0.1, -0.05) is 93.3 Å². The van der Waals surface area contributed by atoms with Crippen molar-refractivity contribution in [2.24, 2.45) is 0 Å². The van der Waals surface area contributed by atoms with Gasteiger partial charge in [-0.25, -0.2) is 0 Å². The van der Waals surface area contributed by atoms with E-state index >= 15 is 0 Å². The number of carbonyl (C=O) groups is 2. The maximum absolute atomic E-state index is 13.5. The molecule has 2 rings (SSSR count). The number of nitrogens with one attached hydrogen (secondary N) is 1. The van der Waals surface area contributed by atoms with Crippen LogP contribution in [0.2, 0.25) is 0 Å². The summed E-state index contributed by atoms with van der Waals surface area (Å²) in [4.78, 5) is 28.6. The first-order chi connectivity index (χ1) is 15.4. The van der Waals surface area contributed by atoms with E-state index in [0.29, 0.717) is 13.0 Å². The number of hydrogen-bond acceptors (Lipinski definition) is 3. The summed E-state index contributed by atoms with van der Waals surface area (Å²) in [7, 11) is 0. The van der Waals surface area contributed by atoms with Gasteiger partial charge in [0, 0.05) is 13.0 Å². The largest absolute Gasteiger partial charge is 0.394 e. The number of unbranched alkanes of at least 4 members (excludes halogenated alkanes) is 4. The highest BCUT2D eigenvalue weighted by Gasteiger charge is 2.33. The van der Waals surface area contributed by atoms with E-state index in [2.05, 4.69) is 12.2 Å². The van der Waals surface area contributed by atoms with Crippen molar-refractivity contribution in [1.29, 1.82) is 0 Å². The molecule has 2 N–H and O–H groups in total. The zero-order valence-electron chi connectivity index (χ0n) is 19.7. The molecular weight excluding hydrogens is 400 g/mol.